The summed E-state index contributed by atoms with van der Waals surface area (Å²) in [6.07, 6.45) is 1.72. The van der Waals surface area contributed by atoms with Crippen molar-refractivity contribution in [3.05, 3.63) is 42.1 Å². The molecule has 1 aromatic heterocycles. The van der Waals surface area contributed by atoms with Crippen LogP contribution in [0.1, 0.15) is 19.4 Å². The van der Waals surface area contributed by atoms with Gasteiger partial charge in [-0.05, 0) is 23.1 Å². The molecular formula is C15H20N4O. The molecule has 4 N–H and O–H groups in total. The lowest BCUT2D eigenvalue weighted by molar-refractivity contribution is -0.123. The van der Waals surface area contributed by atoms with Crippen molar-refractivity contribution in [1.29, 1.82) is 0 Å². The molecule has 1 atom stereocenters. The molecule has 5 nitrogen and oxygen atoms in total. The second-order valence-corrected chi connectivity index (χ2v) is 5.15. The van der Waals surface area contributed by atoms with E-state index in [4.69, 9.17) is 5.73 Å². The van der Waals surface area contributed by atoms with Crippen LogP contribution in [-0.4, -0.2) is 22.1 Å². The van der Waals surface area contributed by atoms with Crippen molar-refractivity contribution in [3.63, 3.8) is 0 Å². The molecule has 1 heterocycles. The van der Waals surface area contributed by atoms with Crippen molar-refractivity contribution >= 4 is 5.91 Å². The number of hydrogen-bond acceptors (Lipinski definition) is 3. The zero-order valence-electron chi connectivity index (χ0n) is 11.8. The SMILES string of the molecule is CC(C)[C@H](N)C(=O)NCc1ccc(-c2ccn[nH]2)cc1. The molecule has 0 unspecified atom stereocenters. The number of nitrogens with two attached hydrogens (primary N) is 1. The summed E-state index contributed by atoms with van der Waals surface area (Å²) in [5, 5.41) is 9.68. The van der Waals surface area contributed by atoms with Crippen LogP contribution in [-0.2, 0) is 11.3 Å². The van der Waals surface area contributed by atoms with Crippen LogP contribution in [0.4, 0.5) is 0 Å². The van der Waals surface area contributed by atoms with E-state index in [1.807, 2.05) is 44.2 Å². The van der Waals surface area contributed by atoms with Gasteiger partial charge in [0.05, 0.1) is 11.7 Å². The fourth-order valence-corrected chi connectivity index (χ4v) is 1.83. The minimum Gasteiger partial charge on any atom is -0.351 e. The average molecular weight is 272 g/mol. The Morgan fingerprint density at radius 2 is 2.00 bits per heavy atom. The summed E-state index contributed by atoms with van der Waals surface area (Å²) in [7, 11) is 0. The number of hydrogen-bond donors (Lipinski definition) is 3. The number of H-pyrrole nitrogens is 1. The zero-order chi connectivity index (χ0) is 14.5. The number of benzene rings is 1. The number of carbonyl (C=O) groups excluding carboxylic acids is 1. The first-order chi connectivity index (χ1) is 9.58. The van der Waals surface area contributed by atoms with Gasteiger partial charge in [0.15, 0.2) is 0 Å². The Bertz CT molecular complexity index is 546. The summed E-state index contributed by atoms with van der Waals surface area (Å²) in [5.41, 5.74) is 8.87. The third-order valence-electron chi connectivity index (χ3n) is 3.25. The molecule has 0 saturated carbocycles. The molecule has 0 aliphatic heterocycles. The minimum absolute atomic E-state index is 0.113. The summed E-state index contributed by atoms with van der Waals surface area (Å²) in [5.74, 6) is 0.0235. The van der Waals surface area contributed by atoms with Gasteiger partial charge in [0.25, 0.3) is 0 Å². The van der Waals surface area contributed by atoms with Gasteiger partial charge < -0.3 is 11.1 Å². The Morgan fingerprint density at radius 3 is 2.55 bits per heavy atom. The molecule has 2 rings (SSSR count). The Balaban J connectivity index is 1.93. The minimum atomic E-state index is -0.459. The van der Waals surface area contributed by atoms with E-state index >= 15 is 0 Å². The molecule has 20 heavy (non-hydrogen) atoms. The van der Waals surface area contributed by atoms with Gasteiger partial charge in [-0.1, -0.05) is 38.1 Å². The number of nitrogens with one attached hydrogen (secondary N) is 2. The van der Waals surface area contributed by atoms with Crippen LogP contribution in [0.15, 0.2) is 36.5 Å². The van der Waals surface area contributed by atoms with E-state index in [2.05, 4.69) is 15.5 Å². The first-order valence-corrected chi connectivity index (χ1v) is 6.70. The molecule has 0 aliphatic rings. The lowest BCUT2D eigenvalue weighted by Gasteiger charge is -2.15. The van der Waals surface area contributed by atoms with Crippen LogP contribution < -0.4 is 11.1 Å². The van der Waals surface area contributed by atoms with Crippen molar-refractivity contribution in [2.24, 2.45) is 11.7 Å². The Labute approximate surface area is 118 Å². The zero-order valence-corrected chi connectivity index (χ0v) is 11.8. The van der Waals surface area contributed by atoms with Crippen molar-refractivity contribution < 1.29 is 4.79 Å². The fourth-order valence-electron chi connectivity index (χ4n) is 1.83. The topological polar surface area (TPSA) is 83.8 Å². The van der Waals surface area contributed by atoms with Gasteiger partial charge in [0, 0.05) is 12.7 Å². The highest BCUT2D eigenvalue weighted by Crippen LogP contribution is 2.16. The quantitative estimate of drug-likeness (QED) is 0.774. The molecule has 0 spiro atoms. The molecule has 0 saturated heterocycles. The maximum absolute atomic E-state index is 11.8. The van der Waals surface area contributed by atoms with Crippen LogP contribution >= 0.6 is 0 Å². The summed E-state index contributed by atoms with van der Waals surface area (Å²) in [6.45, 7) is 4.36. The fraction of sp³-hybridized carbons (Fsp3) is 0.333. The largest absolute Gasteiger partial charge is 0.351 e. The van der Waals surface area contributed by atoms with Gasteiger partial charge in [-0.2, -0.15) is 5.10 Å². The number of carbonyl (C=O) groups is 1. The van der Waals surface area contributed by atoms with Gasteiger partial charge >= 0.3 is 0 Å². The van der Waals surface area contributed by atoms with Gasteiger partial charge in [-0.15, -0.1) is 0 Å². The highest BCUT2D eigenvalue weighted by molar-refractivity contribution is 5.81. The standard InChI is InChI=1S/C15H20N4O/c1-10(2)14(16)15(20)17-9-11-3-5-12(6-4-11)13-7-8-18-19-13/h3-8,10,14H,9,16H2,1-2H3,(H,17,20)(H,18,19)/t14-/m0/s1. The maximum Gasteiger partial charge on any atom is 0.237 e. The van der Waals surface area contributed by atoms with E-state index in [9.17, 15) is 4.79 Å². The van der Waals surface area contributed by atoms with Crippen molar-refractivity contribution in [2.45, 2.75) is 26.4 Å². The normalized spacial score (nSPS) is 12.4. The number of rotatable bonds is 5. The van der Waals surface area contributed by atoms with Gasteiger partial charge in [-0.3, -0.25) is 9.89 Å². The van der Waals surface area contributed by atoms with E-state index in [0.717, 1.165) is 16.8 Å². The third kappa shape index (κ3) is 3.45. The maximum atomic E-state index is 11.8. The lowest BCUT2D eigenvalue weighted by Crippen LogP contribution is -2.43. The monoisotopic (exact) mass is 272 g/mol. The first kappa shape index (κ1) is 14.3. The highest BCUT2D eigenvalue weighted by Gasteiger charge is 2.16. The number of aromatic amines is 1. The average Bonchev–Trinajstić information content (AvgIpc) is 2.98. The Kier molecular flexibility index (Phi) is 4.53. The van der Waals surface area contributed by atoms with E-state index < -0.39 is 6.04 Å². The molecule has 1 aromatic carbocycles. The Hall–Kier alpha value is -2.14. The van der Waals surface area contributed by atoms with Crippen molar-refractivity contribution in [2.75, 3.05) is 0 Å². The van der Waals surface area contributed by atoms with E-state index in [-0.39, 0.29) is 11.8 Å². The van der Waals surface area contributed by atoms with Crippen LogP contribution in [0.5, 0.6) is 0 Å². The van der Waals surface area contributed by atoms with Crippen LogP contribution in [0, 0.1) is 5.92 Å². The molecule has 1 amide bonds. The molecule has 0 fully saturated rings. The van der Waals surface area contributed by atoms with Gasteiger partial charge in [-0.25, -0.2) is 0 Å². The second kappa shape index (κ2) is 6.34. The molecule has 0 aliphatic carbocycles. The highest BCUT2D eigenvalue weighted by atomic mass is 16.2. The summed E-state index contributed by atoms with van der Waals surface area (Å²) in [6, 6.07) is 9.42. The molecule has 0 bridgehead atoms. The van der Waals surface area contributed by atoms with Gasteiger partial charge in [0.2, 0.25) is 5.91 Å². The summed E-state index contributed by atoms with van der Waals surface area (Å²) >= 11 is 0. The van der Waals surface area contributed by atoms with Gasteiger partial charge in [0.1, 0.15) is 0 Å². The molecular weight excluding hydrogens is 252 g/mol. The van der Waals surface area contributed by atoms with Crippen molar-refractivity contribution in [1.82, 2.24) is 15.5 Å². The van der Waals surface area contributed by atoms with E-state index in [1.54, 1.807) is 6.20 Å². The summed E-state index contributed by atoms with van der Waals surface area (Å²) in [4.78, 5) is 11.8. The predicted molar refractivity (Wildman–Crippen MR) is 78.7 cm³/mol. The molecule has 5 heteroatoms. The first-order valence-electron chi connectivity index (χ1n) is 6.70. The van der Waals surface area contributed by atoms with E-state index in [1.165, 1.54) is 0 Å². The molecule has 2 aromatic rings. The lowest BCUT2D eigenvalue weighted by atomic mass is 10.0. The molecule has 0 radical (unpaired) electrons. The third-order valence-corrected chi connectivity index (χ3v) is 3.25. The Morgan fingerprint density at radius 1 is 1.30 bits per heavy atom. The van der Waals surface area contributed by atoms with E-state index in [0.29, 0.717) is 6.54 Å². The van der Waals surface area contributed by atoms with Crippen LogP contribution in [0.2, 0.25) is 0 Å². The number of amides is 1. The van der Waals surface area contributed by atoms with Crippen LogP contribution in [0.25, 0.3) is 11.3 Å². The van der Waals surface area contributed by atoms with Crippen LogP contribution in [0.3, 0.4) is 0 Å². The number of aromatic nitrogens is 2. The number of nitrogens with zero attached hydrogens (tertiary/aromatic N) is 1. The second-order valence-electron chi connectivity index (χ2n) is 5.15. The smallest absolute Gasteiger partial charge is 0.237 e. The molecule has 106 valence electrons. The van der Waals surface area contributed by atoms with Crippen molar-refractivity contribution in [3.8, 4) is 11.3 Å². The summed E-state index contributed by atoms with van der Waals surface area (Å²) < 4.78 is 0. The predicted octanol–water partition coefficient (Wildman–Crippen LogP) is 1.68.